The van der Waals surface area contributed by atoms with Crippen LogP contribution in [0.4, 0.5) is 0 Å². The molecule has 6 heteroatoms. The standard InChI is InChI=1S/C9H14BrN3OS/c1-13-9(6(10)4-12-13)8(11)7-5-15-3-2-14-7/h4,7-8H,2-3,5,11H2,1H3. The lowest BCUT2D eigenvalue weighted by Crippen LogP contribution is -2.35. The van der Waals surface area contributed by atoms with E-state index in [9.17, 15) is 0 Å². The molecule has 1 aliphatic rings. The molecular formula is C9H14BrN3OS. The number of halogens is 1. The lowest BCUT2D eigenvalue weighted by Gasteiger charge is -2.27. The third-order valence-corrected chi connectivity index (χ3v) is 4.13. The Balaban J connectivity index is 2.15. The van der Waals surface area contributed by atoms with Crippen molar-refractivity contribution in [3.05, 3.63) is 16.4 Å². The molecule has 0 bridgehead atoms. The van der Waals surface area contributed by atoms with Crippen LogP contribution in [0.25, 0.3) is 0 Å². The van der Waals surface area contributed by atoms with Gasteiger partial charge in [0.2, 0.25) is 0 Å². The molecule has 0 radical (unpaired) electrons. The Morgan fingerprint density at radius 2 is 2.60 bits per heavy atom. The van der Waals surface area contributed by atoms with Crippen molar-refractivity contribution in [3.63, 3.8) is 0 Å². The van der Waals surface area contributed by atoms with Crippen molar-refractivity contribution < 1.29 is 4.74 Å². The maximum absolute atomic E-state index is 6.19. The van der Waals surface area contributed by atoms with Crippen LogP contribution in [0.1, 0.15) is 11.7 Å². The summed E-state index contributed by atoms with van der Waals surface area (Å²) >= 11 is 5.35. The molecule has 1 fully saturated rings. The topological polar surface area (TPSA) is 53.1 Å². The number of rotatable bonds is 2. The third-order valence-electron chi connectivity index (χ3n) is 2.50. The zero-order chi connectivity index (χ0) is 10.8. The average Bonchev–Trinajstić information content (AvgIpc) is 2.59. The molecule has 2 heterocycles. The number of nitrogens with zero attached hydrogens (tertiary/aromatic N) is 2. The van der Waals surface area contributed by atoms with E-state index in [0.29, 0.717) is 0 Å². The monoisotopic (exact) mass is 291 g/mol. The van der Waals surface area contributed by atoms with Gasteiger partial charge in [0, 0.05) is 18.6 Å². The maximum atomic E-state index is 6.19. The number of hydrogen-bond donors (Lipinski definition) is 1. The molecule has 0 aromatic carbocycles. The van der Waals surface area contributed by atoms with Crippen LogP contribution >= 0.6 is 27.7 Å². The fraction of sp³-hybridized carbons (Fsp3) is 0.667. The van der Waals surface area contributed by atoms with Gasteiger partial charge in [0.1, 0.15) is 0 Å². The van der Waals surface area contributed by atoms with Gasteiger partial charge in [-0.25, -0.2) is 0 Å². The van der Waals surface area contributed by atoms with Crippen LogP contribution in [-0.2, 0) is 11.8 Å². The van der Waals surface area contributed by atoms with E-state index in [0.717, 1.165) is 28.3 Å². The van der Waals surface area contributed by atoms with Crippen molar-refractivity contribution in [3.8, 4) is 0 Å². The second kappa shape index (κ2) is 4.86. The number of nitrogens with two attached hydrogens (primary N) is 1. The summed E-state index contributed by atoms with van der Waals surface area (Å²) in [4.78, 5) is 0. The maximum Gasteiger partial charge on any atom is 0.0873 e. The van der Waals surface area contributed by atoms with E-state index in [1.807, 2.05) is 18.8 Å². The normalized spacial score (nSPS) is 24.1. The van der Waals surface area contributed by atoms with Crippen molar-refractivity contribution >= 4 is 27.7 Å². The fourth-order valence-corrected chi connectivity index (χ4v) is 3.21. The molecule has 2 atom stereocenters. The number of aromatic nitrogens is 2. The van der Waals surface area contributed by atoms with Crippen LogP contribution in [0, 0.1) is 0 Å². The number of hydrogen-bond acceptors (Lipinski definition) is 4. The quantitative estimate of drug-likeness (QED) is 0.893. The minimum absolute atomic E-state index is 0.0930. The molecular weight excluding hydrogens is 278 g/mol. The summed E-state index contributed by atoms with van der Waals surface area (Å²) in [6, 6.07) is -0.111. The highest BCUT2D eigenvalue weighted by molar-refractivity contribution is 9.10. The Kier molecular flexibility index (Phi) is 3.71. The largest absolute Gasteiger partial charge is 0.374 e. The predicted molar refractivity (Wildman–Crippen MR) is 64.9 cm³/mol. The second-order valence-electron chi connectivity index (χ2n) is 3.51. The van der Waals surface area contributed by atoms with Gasteiger partial charge in [0.05, 0.1) is 35.1 Å². The Morgan fingerprint density at radius 3 is 3.13 bits per heavy atom. The summed E-state index contributed by atoms with van der Waals surface area (Å²) in [7, 11) is 1.90. The molecule has 4 nitrogen and oxygen atoms in total. The van der Waals surface area contributed by atoms with E-state index in [-0.39, 0.29) is 12.1 Å². The average molecular weight is 292 g/mol. The first-order valence-electron chi connectivity index (χ1n) is 4.82. The van der Waals surface area contributed by atoms with Gasteiger partial charge in [-0.05, 0) is 15.9 Å². The lowest BCUT2D eigenvalue weighted by molar-refractivity contribution is 0.0549. The molecule has 2 unspecified atom stereocenters. The van der Waals surface area contributed by atoms with Gasteiger partial charge >= 0.3 is 0 Å². The van der Waals surface area contributed by atoms with E-state index in [2.05, 4.69) is 21.0 Å². The molecule has 15 heavy (non-hydrogen) atoms. The molecule has 1 aromatic rings. The van der Waals surface area contributed by atoms with Gasteiger partial charge in [0.15, 0.2) is 0 Å². The van der Waals surface area contributed by atoms with Gasteiger partial charge < -0.3 is 10.5 Å². The third kappa shape index (κ3) is 2.38. The molecule has 0 aliphatic carbocycles. The van der Waals surface area contributed by atoms with E-state index in [4.69, 9.17) is 10.5 Å². The van der Waals surface area contributed by atoms with E-state index in [1.54, 1.807) is 10.9 Å². The van der Waals surface area contributed by atoms with Crippen LogP contribution in [0.2, 0.25) is 0 Å². The molecule has 1 aliphatic heterocycles. The minimum atomic E-state index is -0.111. The van der Waals surface area contributed by atoms with Crippen molar-refractivity contribution in [1.82, 2.24) is 9.78 Å². The number of thioether (sulfide) groups is 1. The van der Waals surface area contributed by atoms with Gasteiger partial charge in [-0.1, -0.05) is 0 Å². The predicted octanol–water partition coefficient (Wildman–Crippen LogP) is 1.31. The zero-order valence-electron chi connectivity index (χ0n) is 8.52. The van der Waals surface area contributed by atoms with Crippen LogP contribution < -0.4 is 5.73 Å². The summed E-state index contributed by atoms with van der Waals surface area (Å²) in [5.74, 6) is 2.02. The van der Waals surface area contributed by atoms with E-state index in [1.165, 1.54) is 0 Å². The molecule has 1 aromatic heterocycles. The molecule has 0 saturated carbocycles. The van der Waals surface area contributed by atoms with Crippen molar-refractivity contribution in [2.24, 2.45) is 12.8 Å². The Labute approximate surface area is 102 Å². The minimum Gasteiger partial charge on any atom is -0.374 e. The molecule has 0 spiro atoms. The smallest absolute Gasteiger partial charge is 0.0873 e. The molecule has 1 saturated heterocycles. The summed E-state index contributed by atoms with van der Waals surface area (Å²) in [5, 5.41) is 4.16. The zero-order valence-corrected chi connectivity index (χ0v) is 10.9. The first-order valence-corrected chi connectivity index (χ1v) is 6.77. The van der Waals surface area contributed by atoms with Crippen LogP contribution in [-0.4, -0.2) is 34.0 Å². The van der Waals surface area contributed by atoms with Crippen LogP contribution in [0.5, 0.6) is 0 Å². The van der Waals surface area contributed by atoms with Crippen LogP contribution in [0.3, 0.4) is 0 Å². The summed E-state index contributed by atoms with van der Waals surface area (Å²) < 4.78 is 8.42. The first-order chi connectivity index (χ1) is 7.20. The Bertz CT molecular complexity index is 319. The molecule has 2 N–H and O–H groups in total. The van der Waals surface area contributed by atoms with Crippen molar-refractivity contribution in [2.45, 2.75) is 12.1 Å². The number of ether oxygens (including phenoxy) is 1. The summed E-state index contributed by atoms with van der Waals surface area (Å²) in [6.45, 7) is 0.790. The van der Waals surface area contributed by atoms with Crippen molar-refractivity contribution in [1.29, 1.82) is 0 Å². The molecule has 0 amide bonds. The van der Waals surface area contributed by atoms with Gasteiger partial charge in [-0.15, -0.1) is 0 Å². The summed E-state index contributed by atoms with van der Waals surface area (Å²) in [5.41, 5.74) is 7.19. The van der Waals surface area contributed by atoms with Crippen LogP contribution in [0.15, 0.2) is 10.7 Å². The van der Waals surface area contributed by atoms with Crippen molar-refractivity contribution in [2.75, 3.05) is 18.1 Å². The highest BCUT2D eigenvalue weighted by Gasteiger charge is 2.26. The lowest BCUT2D eigenvalue weighted by atomic mass is 10.1. The Morgan fingerprint density at radius 1 is 1.80 bits per heavy atom. The summed E-state index contributed by atoms with van der Waals surface area (Å²) in [6.07, 6.45) is 1.86. The Hall–Kier alpha value is -0.0400. The van der Waals surface area contributed by atoms with E-state index >= 15 is 0 Å². The SMILES string of the molecule is Cn1ncc(Br)c1C(N)C1CSCCO1. The highest BCUT2D eigenvalue weighted by atomic mass is 79.9. The highest BCUT2D eigenvalue weighted by Crippen LogP contribution is 2.28. The number of aryl methyl sites for hydroxylation is 1. The second-order valence-corrected chi connectivity index (χ2v) is 5.52. The fourth-order valence-electron chi connectivity index (χ4n) is 1.68. The van der Waals surface area contributed by atoms with E-state index < -0.39 is 0 Å². The van der Waals surface area contributed by atoms with Gasteiger partial charge in [-0.2, -0.15) is 16.9 Å². The molecule has 84 valence electrons. The van der Waals surface area contributed by atoms with Gasteiger partial charge in [0.25, 0.3) is 0 Å². The molecule has 2 rings (SSSR count). The first kappa shape index (κ1) is 11.4. The van der Waals surface area contributed by atoms with Gasteiger partial charge in [-0.3, -0.25) is 4.68 Å².